The molecule has 4 nitrogen and oxygen atoms in total. The second-order valence-electron chi connectivity index (χ2n) is 4.13. The maximum atomic E-state index is 10.9. The number of aromatic nitrogens is 2. The Kier molecular flexibility index (Phi) is 2.22. The molecule has 0 radical (unpaired) electrons. The van der Waals surface area contributed by atoms with Crippen LogP contribution in [0.15, 0.2) is 24.5 Å². The molecule has 2 aromatic heterocycles. The SMILES string of the molecule is O=Cc1cccn2cc(C3CCCN3)nc12. The number of rotatable bonds is 2. The highest BCUT2D eigenvalue weighted by Crippen LogP contribution is 2.23. The molecule has 3 rings (SSSR count). The minimum Gasteiger partial charge on any atom is -0.309 e. The van der Waals surface area contributed by atoms with E-state index in [1.807, 2.05) is 22.9 Å². The largest absolute Gasteiger partial charge is 0.309 e. The van der Waals surface area contributed by atoms with Gasteiger partial charge in [0.2, 0.25) is 0 Å². The molecule has 1 aliphatic heterocycles. The zero-order chi connectivity index (χ0) is 11.0. The maximum Gasteiger partial charge on any atom is 0.153 e. The van der Waals surface area contributed by atoms with Crippen molar-refractivity contribution >= 4 is 11.9 Å². The van der Waals surface area contributed by atoms with Crippen LogP contribution in [0.5, 0.6) is 0 Å². The van der Waals surface area contributed by atoms with Crippen molar-refractivity contribution in [1.29, 1.82) is 0 Å². The van der Waals surface area contributed by atoms with Crippen LogP contribution < -0.4 is 5.32 Å². The topological polar surface area (TPSA) is 46.4 Å². The number of nitrogens with zero attached hydrogens (tertiary/aromatic N) is 2. The maximum absolute atomic E-state index is 10.9. The molecule has 0 saturated carbocycles. The van der Waals surface area contributed by atoms with E-state index in [-0.39, 0.29) is 0 Å². The van der Waals surface area contributed by atoms with E-state index >= 15 is 0 Å². The van der Waals surface area contributed by atoms with E-state index in [1.165, 1.54) is 6.42 Å². The van der Waals surface area contributed by atoms with Gasteiger partial charge in [0.15, 0.2) is 6.29 Å². The average molecular weight is 215 g/mol. The van der Waals surface area contributed by atoms with Crippen LogP contribution in [0, 0.1) is 0 Å². The number of pyridine rings is 1. The van der Waals surface area contributed by atoms with Gasteiger partial charge in [0.05, 0.1) is 17.3 Å². The van der Waals surface area contributed by atoms with Gasteiger partial charge < -0.3 is 9.72 Å². The van der Waals surface area contributed by atoms with Gasteiger partial charge in [0, 0.05) is 12.4 Å². The lowest BCUT2D eigenvalue weighted by Gasteiger charge is -2.04. The summed E-state index contributed by atoms with van der Waals surface area (Å²) in [5.74, 6) is 0. The van der Waals surface area contributed by atoms with Gasteiger partial charge in [0.1, 0.15) is 5.65 Å². The molecular weight excluding hydrogens is 202 g/mol. The summed E-state index contributed by atoms with van der Waals surface area (Å²) in [6.07, 6.45) is 7.10. The van der Waals surface area contributed by atoms with Crippen LogP contribution in [0.3, 0.4) is 0 Å². The number of carbonyl (C=O) groups is 1. The summed E-state index contributed by atoms with van der Waals surface area (Å²) in [6, 6.07) is 4.00. The Morgan fingerprint density at radius 1 is 1.56 bits per heavy atom. The summed E-state index contributed by atoms with van der Waals surface area (Å²) in [5.41, 5.74) is 2.43. The molecule has 0 aliphatic carbocycles. The van der Waals surface area contributed by atoms with E-state index in [9.17, 15) is 4.79 Å². The fraction of sp³-hybridized carbons (Fsp3) is 0.333. The molecule has 0 spiro atoms. The molecule has 1 atom stereocenters. The summed E-state index contributed by atoms with van der Waals surface area (Å²) >= 11 is 0. The van der Waals surface area contributed by atoms with E-state index < -0.39 is 0 Å². The number of imidazole rings is 1. The molecule has 1 unspecified atom stereocenters. The molecule has 16 heavy (non-hydrogen) atoms. The molecule has 0 bridgehead atoms. The molecule has 3 heterocycles. The summed E-state index contributed by atoms with van der Waals surface area (Å²) < 4.78 is 1.92. The first-order valence-electron chi connectivity index (χ1n) is 5.54. The van der Waals surface area contributed by atoms with Crippen molar-refractivity contribution in [2.75, 3.05) is 6.54 Å². The van der Waals surface area contributed by atoms with Crippen molar-refractivity contribution in [3.8, 4) is 0 Å². The smallest absolute Gasteiger partial charge is 0.153 e. The summed E-state index contributed by atoms with van der Waals surface area (Å²) in [5, 5.41) is 3.41. The van der Waals surface area contributed by atoms with Crippen molar-refractivity contribution < 1.29 is 4.79 Å². The second kappa shape index (κ2) is 3.72. The standard InChI is InChI=1S/C12H13N3O/c16-8-9-3-2-6-15-7-11(14-12(9)15)10-4-1-5-13-10/h2-3,6-8,10,13H,1,4-5H2. The van der Waals surface area contributed by atoms with E-state index in [4.69, 9.17) is 0 Å². The molecule has 82 valence electrons. The van der Waals surface area contributed by atoms with Gasteiger partial charge in [0.25, 0.3) is 0 Å². The predicted molar refractivity (Wildman–Crippen MR) is 60.6 cm³/mol. The summed E-state index contributed by atoms with van der Waals surface area (Å²) in [6.45, 7) is 1.05. The first-order chi connectivity index (χ1) is 7.88. The molecule has 1 N–H and O–H groups in total. The van der Waals surface area contributed by atoms with Crippen molar-refractivity contribution in [3.63, 3.8) is 0 Å². The molecule has 0 aromatic carbocycles. The Bertz CT molecular complexity index is 526. The second-order valence-corrected chi connectivity index (χ2v) is 4.13. The quantitative estimate of drug-likeness (QED) is 0.773. The highest BCUT2D eigenvalue weighted by atomic mass is 16.1. The Morgan fingerprint density at radius 3 is 3.25 bits per heavy atom. The number of aldehydes is 1. The lowest BCUT2D eigenvalue weighted by Crippen LogP contribution is -2.12. The monoisotopic (exact) mass is 215 g/mol. The molecular formula is C12H13N3O. The lowest BCUT2D eigenvalue weighted by atomic mass is 10.2. The highest BCUT2D eigenvalue weighted by Gasteiger charge is 2.19. The van der Waals surface area contributed by atoms with Crippen LogP contribution >= 0.6 is 0 Å². The first-order valence-corrected chi connectivity index (χ1v) is 5.54. The number of nitrogens with one attached hydrogen (secondary N) is 1. The summed E-state index contributed by atoms with van der Waals surface area (Å²) in [4.78, 5) is 15.4. The fourth-order valence-electron chi connectivity index (χ4n) is 2.25. The normalized spacial score (nSPS) is 20.4. The zero-order valence-electron chi connectivity index (χ0n) is 8.89. The molecule has 0 amide bonds. The Morgan fingerprint density at radius 2 is 2.50 bits per heavy atom. The van der Waals surface area contributed by atoms with Gasteiger partial charge >= 0.3 is 0 Å². The minimum atomic E-state index is 0.347. The van der Waals surface area contributed by atoms with Gasteiger partial charge in [-0.15, -0.1) is 0 Å². The van der Waals surface area contributed by atoms with Gasteiger partial charge in [-0.2, -0.15) is 0 Å². The molecule has 4 heteroatoms. The number of carbonyl (C=O) groups excluding carboxylic acids is 1. The summed E-state index contributed by atoms with van der Waals surface area (Å²) in [7, 11) is 0. The van der Waals surface area contributed by atoms with Crippen LogP contribution in [0.1, 0.15) is 34.9 Å². The van der Waals surface area contributed by atoms with Gasteiger partial charge in [-0.25, -0.2) is 4.98 Å². The van der Waals surface area contributed by atoms with Crippen molar-refractivity contribution in [2.24, 2.45) is 0 Å². The van der Waals surface area contributed by atoms with Crippen LogP contribution in [-0.2, 0) is 0 Å². The van der Waals surface area contributed by atoms with Crippen LogP contribution in [0.2, 0.25) is 0 Å². The van der Waals surface area contributed by atoms with Crippen molar-refractivity contribution in [3.05, 3.63) is 35.8 Å². The van der Waals surface area contributed by atoms with Crippen LogP contribution in [0.25, 0.3) is 5.65 Å². The Hall–Kier alpha value is -1.68. The predicted octanol–water partition coefficient (Wildman–Crippen LogP) is 1.57. The minimum absolute atomic E-state index is 0.347. The molecule has 1 saturated heterocycles. The Labute approximate surface area is 93.3 Å². The third-order valence-electron chi connectivity index (χ3n) is 3.08. The number of fused-ring (bicyclic) bond motifs is 1. The first kappa shape index (κ1) is 9.54. The number of hydrogen-bond acceptors (Lipinski definition) is 3. The highest BCUT2D eigenvalue weighted by molar-refractivity contribution is 5.84. The molecule has 2 aromatic rings. The van der Waals surface area contributed by atoms with E-state index in [0.717, 1.165) is 30.6 Å². The van der Waals surface area contributed by atoms with E-state index in [0.29, 0.717) is 11.6 Å². The zero-order valence-corrected chi connectivity index (χ0v) is 8.89. The van der Waals surface area contributed by atoms with Crippen molar-refractivity contribution in [1.82, 2.24) is 14.7 Å². The van der Waals surface area contributed by atoms with Crippen LogP contribution in [0.4, 0.5) is 0 Å². The Balaban J connectivity index is 2.11. The average Bonchev–Trinajstić information content (AvgIpc) is 2.96. The third kappa shape index (κ3) is 1.42. The van der Waals surface area contributed by atoms with Gasteiger partial charge in [-0.05, 0) is 31.5 Å². The van der Waals surface area contributed by atoms with E-state index in [2.05, 4.69) is 10.3 Å². The lowest BCUT2D eigenvalue weighted by molar-refractivity contribution is 0.112. The molecule has 1 fully saturated rings. The van der Waals surface area contributed by atoms with Gasteiger partial charge in [-0.1, -0.05) is 0 Å². The van der Waals surface area contributed by atoms with Crippen molar-refractivity contribution in [2.45, 2.75) is 18.9 Å². The molecule has 1 aliphatic rings. The third-order valence-corrected chi connectivity index (χ3v) is 3.08. The fourth-order valence-corrected chi connectivity index (χ4v) is 2.25. The van der Waals surface area contributed by atoms with E-state index in [1.54, 1.807) is 6.07 Å². The van der Waals surface area contributed by atoms with Crippen LogP contribution in [-0.4, -0.2) is 22.2 Å². The number of hydrogen-bond donors (Lipinski definition) is 1. The van der Waals surface area contributed by atoms with Gasteiger partial charge in [-0.3, -0.25) is 4.79 Å².